The van der Waals surface area contributed by atoms with Crippen molar-refractivity contribution in [2.75, 3.05) is 12.3 Å². The van der Waals surface area contributed by atoms with Crippen LogP contribution in [0, 0.1) is 18.8 Å². The van der Waals surface area contributed by atoms with Crippen molar-refractivity contribution in [3.05, 3.63) is 23.8 Å². The third-order valence-corrected chi connectivity index (χ3v) is 5.79. The number of sulfonamides is 1. The van der Waals surface area contributed by atoms with Gasteiger partial charge in [0.25, 0.3) is 0 Å². The fourth-order valence-electron chi connectivity index (χ4n) is 2.97. The largest absolute Gasteiger partial charge is 0.398 e. The Morgan fingerprint density at radius 2 is 2.10 bits per heavy atom. The van der Waals surface area contributed by atoms with E-state index in [1.54, 1.807) is 25.1 Å². The molecule has 0 amide bonds. The normalized spacial score (nSPS) is 23.7. The molecule has 1 aromatic carbocycles. The Bertz CT molecular complexity index is 569. The van der Waals surface area contributed by atoms with Crippen LogP contribution in [0.1, 0.15) is 38.2 Å². The van der Waals surface area contributed by atoms with Crippen LogP contribution >= 0.6 is 0 Å². The number of hydrogen-bond acceptors (Lipinski definition) is 3. The van der Waals surface area contributed by atoms with Crippen LogP contribution in [0.4, 0.5) is 5.69 Å². The van der Waals surface area contributed by atoms with Crippen LogP contribution in [0.25, 0.3) is 0 Å². The van der Waals surface area contributed by atoms with Crippen LogP contribution in [0.15, 0.2) is 23.1 Å². The minimum atomic E-state index is -3.46. The average Bonchev–Trinajstić information content (AvgIpc) is 2.40. The lowest BCUT2D eigenvalue weighted by Crippen LogP contribution is -2.32. The van der Waals surface area contributed by atoms with E-state index in [9.17, 15) is 8.42 Å². The molecule has 2 unspecified atom stereocenters. The van der Waals surface area contributed by atoms with E-state index in [0.717, 1.165) is 12.8 Å². The summed E-state index contributed by atoms with van der Waals surface area (Å²) in [6.45, 7) is 4.51. The SMILES string of the molecule is Cc1c(N)cccc1S(=O)(=O)NCC1CCCC(C)C1. The first-order valence-corrected chi connectivity index (χ1v) is 8.73. The first-order valence-electron chi connectivity index (χ1n) is 7.25. The molecule has 0 saturated heterocycles. The topological polar surface area (TPSA) is 72.2 Å². The van der Waals surface area contributed by atoms with Gasteiger partial charge in [0.1, 0.15) is 0 Å². The lowest BCUT2D eigenvalue weighted by molar-refractivity contribution is 0.283. The quantitative estimate of drug-likeness (QED) is 0.839. The summed E-state index contributed by atoms with van der Waals surface area (Å²) in [7, 11) is -3.46. The molecule has 20 heavy (non-hydrogen) atoms. The van der Waals surface area contributed by atoms with Crippen molar-refractivity contribution in [2.24, 2.45) is 11.8 Å². The van der Waals surface area contributed by atoms with E-state index in [1.807, 2.05) is 0 Å². The molecule has 1 aromatic rings. The van der Waals surface area contributed by atoms with E-state index in [4.69, 9.17) is 5.73 Å². The molecule has 0 radical (unpaired) electrons. The van der Waals surface area contributed by atoms with Gasteiger partial charge in [0, 0.05) is 12.2 Å². The fourth-order valence-corrected chi connectivity index (χ4v) is 4.36. The van der Waals surface area contributed by atoms with Crippen molar-refractivity contribution < 1.29 is 8.42 Å². The van der Waals surface area contributed by atoms with E-state index in [2.05, 4.69) is 11.6 Å². The third kappa shape index (κ3) is 3.52. The Labute approximate surface area is 121 Å². The fraction of sp³-hybridized carbons (Fsp3) is 0.600. The molecule has 1 aliphatic rings. The monoisotopic (exact) mass is 296 g/mol. The molecule has 4 nitrogen and oxygen atoms in total. The summed E-state index contributed by atoms with van der Waals surface area (Å²) < 4.78 is 27.5. The summed E-state index contributed by atoms with van der Waals surface area (Å²) in [6.07, 6.45) is 4.68. The van der Waals surface area contributed by atoms with Crippen molar-refractivity contribution >= 4 is 15.7 Å². The van der Waals surface area contributed by atoms with Gasteiger partial charge in [-0.3, -0.25) is 0 Å². The second kappa shape index (κ2) is 6.14. The van der Waals surface area contributed by atoms with Crippen LogP contribution in [0.5, 0.6) is 0 Å². The van der Waals surface area contributed by atoms with E-state index < -0.39 is 10.0 Å². The van der Waals surface area contributed by atoms with Crippen LogP contribution in [0.3, 0.4) is 0 Å². The lowest BCUT2D eigenvalue weighted by Gasteiger charge is -2.26. The number of hydrogen-bond donors (Lipinski definition) is 2. The van der Waals surface area contributed by atoms with Crippen LogP contribution in [-0.2, 0) is 10.0 Å². The molecule has 0 aromatic heterocycles. The molecule has 0 bridgehead atoms. The molecule has 1 fully saturated rings. The van der Waals surface area contributed by atoms with Gasteiger partial charge in [-0.05, 0) is 49.3 Å². The maximum absolute atomic E-state index is 12.4. The predicted molar refractivity (Wildman–Crippen MR) is 81.9 cm³/mol. The van der Waals surface area contributed by atoms with Crippen LogP contribution < -0.4 is 10.5 Å². The van der Waals surface area contributed by atoms with Gasteiger partial charge in [0.2, 0.25) is 10.0 Å². The highest BCUT2D eigenvalue weighted by Gasteiger charge is 2.23. The first kappa shape index (κ1) is 15.3. The molecule has 5 heteroatoms. The highest BCUT2D eigenvalue weighted by Crippen LogP contribution is 2.28. The zero-order chi connectivity index (χ0) is 14.8. The standard InChI is InChI=1S/C15H24N2O2S/c1-11-5-3-6-13(9-11)10-17-20(18,19)15-8-4-7-14(16)12(15)2/h4,7-8,11,13,17H,3,5-6,9-10,16H2,1-2H3. The molecule has 0 heterocycles. The van der Waals surface area contributed by atoms with Gasteiger partial charge in [-0.15, -0.1) is 0 Å². The lowest BCUT2D eigenvalue weighted by atomic mass is 9.83. The van der Waals surface area contributed by atoms with Gasteiger partial charge >= 0.3 is 0 Å². The van der Waals surface area contributed by atoms with Crippen molar-refractivity contribution in [3.63, 3.8) is 0 Å². The highest BCUT2D eigenvalue weighted by atomic mass is 32.2. The molecule has 2 rings (SSSR count). The smallest absolute Gasteiger partial charge is 0.240 e. The molecular weight excluding hydrogens is 272 g/mol. The van der Waals surface area contributed by atoms with E-state index in [1.165, 1.54) is 12.8 Å². The van der Waals surface area contributed by atoms with Gasteiger partial charge in [0.15, 0.2) is 0 Å². The zero-order valence-corrected chi connectivity index (χ0v) is 13.0. The zero-order valence-electron chi connectivity index (χ0n) is 12.2. The Kier molecular flexibility index (Phi) is 4.70. The molecule has 1 aliphatic carbocycles. The van der Waals surface area contributed by atoms with Gasteiger partial charge in [0.05, 0.1) is 4.90 Å². The molecule has 3 N–H and O–H groups in total. The molecule has 0 spiro atoms. The Hall–Kier alpha value is -1.07. The van der Waals surface area contributed by atoms with Gasteiger partial charge < -0.3 is 5.73 Å². The van der Waals surface area contributed by atoms with Crippen LogP contribution in [-0.4, -0.2) is 15.0 Å². The Morgan fingerprint density at radius 1 is 1.35 bits per heavy atom. The highest BCUT2D eigenvalue weighted by molar-refractivity contribution is 7.89. The van der Waals surface area contributed by atoms with E-state index >= 15 is 0 Å². The maximum Gasteiger partial charge on any atom is 0.240 e. The summed E-state index contributed by atoms with van der Waals surface area (Å²) in [4.78, 5) is 0.293. The summed E-state index contributed by atoms with van der Waals surface area (Å²) in [5.41, 5.74) is 6.92. The average molecular weight is 296 g/mol. The number of nitrogen functional groups attached to an aromatic ring is 1. The van der Waals surface area contributed by atoms with Crippen molar-refractivity contribution in [1.29, 1.82) is 0 Å². The second-order valence-electron chi connectivity index (χ2n) is 5.96. The van der Waals surface area contributed by atoms with Crippen molar-refractivity contribution in [1.82, 2.24) is 4.72 Å². The van der Waals surface area contributed by atoms with E-state index in [0.29, 0.717) is 34.5 Å². The predicted octanol–water partition coefficient (Wildman–Crippen LogP) is 2.68. The van der Waals surface area contributed by atoms with Crippen molar-refractivity contribution in [2.45, 2.75) is 44.4 Å². The first-order chi connectivity index (χ1) is 9.40. The molecule has 2 atom stereocenters. The number of rotatable bonds is 4. The number of nitrogens with one attached hydrogen (secondary N) is 1. The minimum Gasteiger partial charge on any atom is -0.398 e. The summed E-state index contributed by atoms with van der Waals surface area (Å²) >= 11 is 0. The summed E-state index contributed by atoms with van der Waals surface area (Å²) in [5, 5.41) is 0. The maximum atomic E-state index is 12.4. The second-order valence-corrected chi connectivity index (χ2v) is 7.70. The van der Waals surface area contributed by atoms with Gasteiger partial charge in [-0.1, -0.05) is 25.8 Å². The molecule has 112 valence electrons. The number of benzene rings is 1. The van der Waals surface area contributed by atoms with Gasteiger partial charge in [-0.2, -0.15) is 0 Å². The Morgan fingerprint density at radius 3 is 2.80 bits per heavy atom. The van der Waals surface area contributed by atoms with Crippen LogP contribution in [0.2, 0.25) is 0 Å². The van der Waals surface area contributed by atoms with Gasteiger partial charge in [-0.25, -0.2) is 13.1 Å². The van der Waals surface area contributed by atoms with Crippen molar-refractivity contribution in [3.8, 4) is 0 Å². The summed E-state index contributed by atoms with van der Waals surface area (Å²) in [5.74, 6) is 1.15. The molecule has 0 aliphatic heterocycles. The Balaban J connectivity index is 2.06. The number of nitrogens with two attached hydrogens (primary N) is 1. The third-order valence-electron chi connectivity index (χ3n) is 4.22. The summed E-state index contributed by atoms with van der Waals surface area (Å²) in [6, 6.07) is 5.01. The number of anilines is 1. The molecule has 1 saturated carbocycles. The minimum absolute atomic E-state index is 0.293. The molecular formula is C15H24N2O2S. The van der Waals surface area contributed by atoms with E-state index in [-0.39, 0.29) is 0 Å².